The number of nitrogens with zero attached hydrogens (tertiary/aromatic N) is 2. The normalized spacial score (nSPS) is 22.4. The van der Waals surface area contributed by atoms with Gasteiger partial charge in [0.2, 0.25) is 5.91 Å². The number of piperidine rings is 1. The first kappa shape index (κ1) is 15.5. The standard InChI is InChI=1S/C16H25N3O3/c20-15(12-14-4-9-22-18-14)17-13-16(5-10-21-11-6-16)19-7-2-1-3-8-19/h4,9H,1-3,5-8,10-13H2,(H,17,20). The van der Waals surface area contributed by atoms with Gasteiger partial charge in [0.05, 0.1) is 12.1 Å². The van der Waals surface area contributed by atoms with Crippen LogP contribution < -0.4 is 5.32 Å². The van der Waals surface area contributed by atoms with E-state index in [0.717, 1.165) is 39.1 Å². The van der Waals surface area contributed by atoms with Crippen LogP contribution in [0.5, 0.6) is 0 Å². The molecule has 2 saturated heterocycles. The van der Waals surface area contributed by atoms with E-state index in [1.807, 2.05) is 0 Å². The Bertz CT molecular complexity index is 463. The summed E-state index contributed by atoms with van der Waals surface area (Å²) < 4.78 is 10.3. The summed E-state index contributed by atoms with van der Waals surface area (Å²) in [6.07, 6.45) is 7.61. The topological polar surface area (TPSA) is 67.6 Å². The Labute approximate surface area is 131 Å². The van der Waals surface area contributed by atoms with Crippen molar-refractivity contribution in [1.82, 2.24) is 15.4 Å². The van der Waals surface area contributed by atoms with Crippen LogP contribution in [-0.2, 0) is 16.0 Å². The van der Waals surface area contributed by atoms with E-state index in [2.05, 4.69) is 15.4 Å². The Kier molecular flexibility index (Phi) is 5.10. The molecule has 3 rings (SSSR count). The van der Waals surface area contributed by atoms with Gasteiger partial charge in [0.15, 0.2) is 0 Å². The van der Waals surface area contributed by atoms with Gasteiger partial charge in [-0.05, 0) is 38.8 Å². The van der Waals surface area contributed by atoms with Gasteiger partial charge in [-0.3, -0.25) is 9.69 Å². The zero-order valence-electron chi connectivity index (χ0n) is 13.1. The fourth-order valence-corrected chi connectivity index (χ4v) is 3.54. The lowest BCUT2D eigenvalue weighted by Gasteiger charge is -2.48. The highest BCUT2D eigenvalue weighted by atomic mass is 16.5. The van der Waals surface area contributed by atoms with Crippen LogP contribution in [-0.4, -0.2) is 54.4 Å². The maximum absolute atomic E-state index is 12.1. The van der Waals surface area contributed by atoms with E-state index in [0.29, 0.717) is 12.2 Å². The molecule has 1 aromatic heterocycles. The highest BCUT2D eigenvalue weighted by Crippen LogP contribution is 2.30. The molecular formula is C16H25N3O3. The Morgan fingerprint density at radius 3 is 2.73 bits per heavy atom. The summed E-state index contributed by atoms with van der Waals surface area (Å²) in [5.41, 5.74) is 0.745. The molecule has 1 amide bonds. The molecule has 0 bridgehead atoms. The van der Waals surface area contributed by atoms with E-state index in [1.165, 1.54) is 25.5 Å². The molecule has 2 aliphatic rings. The van der Waals surface area contributed by atoms with E-state index in [4.69, 9.17) is 9.26 Å². The van der Waals surface area contributed by atoms with E-state index in [1.54, 1.807) is 6.07 Å². The average molecular weight is 307 g/mol. The monoisotopic (exact) mass is 307 g/mol. The number of likely N-dealkylation sites (tertiary alicyclic amines) is 1. The van der Waals surface area contributed by atoms with Gasteiger partial charge in [-0.15, -0.1) is 0 Å². The first-order valence-corrected chi connectivity index (χ1v) is 8.27. The van der Waals surface area contributed by atoms with Crippen molar-refractivity contribution in [3.63, 3.8) is 0 Å². The Morgan fingerprint density at radius 1 is 1.27 bits per heavy atom. The Balaban J connectivity index is 1.58. The Hall–Kier alpha value is -1.40. The highest BCUT2D eigenvalue weighted by molar-refractivity contribution is 5.78. The van der Waals surface area contributed by atoms with Crippen molar-refractivity contribution in [1.29, 1.82) is 0 Å². The second-order valence-electron chi connectivity index (χ2n) is 6.33. The molecule has 0 aromatic carbocycles. The molecule has 0 aliphatic carbocycles. The fourth-order valence-electron chi connectivity index (χ4n) is 3.54. The SMILES string of the molecule is O=C(Cc1ccon1)NCC1(N2CCCCC2)CCOCC1. The molecule has 6 heteroatoms. The van der Waals surface area contributed by atoms with Crippen LogP contribution in [0.1, 0.15) is 37.8 Å². The van der Waals surface area contributed by atoms with Crippen molar-refractivity contribution in [2.24, 2.45) is 0 Å². The van der Waals surface area contributed by atoms with Crippen LogP contribution in [0.15, 0.2) is 16.9 Å². The molecule has 2 aliphatic heterocycles. The van der Waals surface area contributed by atoms with Gasteiger partial charge in [-0.25, -0.2) is 0 Å². The number of nitrogens with one attached hydrogen (secondary N) is 1. The molecule has 3 heterocycles. The van der Waals surface area contributed by atoms with Gasteiger partial charge in [-0.2, -0.15) is 0 Å². The van der Waals surface area contributed by atoms with E-state index in [9.17, 15) is 4.79 Å². The number of rotatable bonds is 5. The van der Waals surface area contributed by atoms with Crippen LogP contribution >= 0.6 is 0 Å². The van der Waals surface area contributed by atoms with Gasteiger partial charge < -0.3 is 14.6 Å². The molecule has 0 radical (unpaired) electrons. The summed E-state index contributed by atoms with van der Waals surface area (Å²) >= 11 is 0. The first-order valence-electron chi connectivity index (χ1n) is 8.27. The number of aromatic nitrogens is 1. The predicted molar refractivity (Wildman–Crippen MR) is 81.4 cm³/mol. The number of hydrogen-bond donors (Lipinski definition) is 1. The van der Waals surface area contributed by atoms with Crippen molar-refractivity contribution in [2.75, 3.05) is 32.8 Å². The zero-order chi connectivity index (χ0) is 15.3. The summed E-state index contributed by atoms with van der Waals surface area (Å²) in [5.74, 6) is 0.0109. The lowest BCUT2D eigenvalue weighted by Crippen LogP contribution is -2.59. The van der Waals surface area contributed by atoms with Gasteiger partial charge in [0.25, 0.3) is 0 Å². The molecule has 2 fully saturated rings. The van der Waals surface area contributed by atoms with Crippen molar-refractivity contribution in [3.05, 3.63) is 18.0 Å². The number of hydrogen-bond acceptors (Lipinski definition) is 5. The van der Waals surface area contributed by atoms with Crippen LogP contribution in [0.2, 0.25) is 0 Å². The summed E-state index contributed by atoms with van der Waals surface area (Å²) in [7, 11) is 0. The minimum absolute atomic E-state index is 0.0109. The summed E-state index contributed by atoms with van der Waals surface area (Å²) in [6.45, 7) is 4.55. The lowest BCUT2D eigenvalue weighted by atomic mass is 9.86. The molecule has 0 spiro atoms. The minimum Gasteiger partial charge on any atom is -0.381 e. The smallest absolute Gasteiger partial charge is 0.226 e. The molecule has 1 aromatic rings. The largest absolute Gasteiger partial charge is 0.381 e. The molecule has 0 atom stereocenters. The lowest BCUT2D eigenvalue weighted by molar-refractivity contribution is -0.122. The molecule has 0 unspecified atom stereocenters. The quantitative estimate of drug-likeness (QED) is 0.890. The summed E-state index contributed by atoms with van der Waals surface area (Å²) in [4.78, 5) is 14.7. The van der Waals surface area contributed by atoms with Gasteiger partial charge in [-0.1, -0.05) is 11.6 Å². The van der Waals surface area contributed by atoms with Gasteiger partial charge >= 0.3 is 0 Å². The van der Waals surface area contributed by atoms with Crippen LogP contribution in [0.25, 0.3) is 0 Å². The van der Waals surface area contributed by atoms with Crippen molar-refractivity contribution in [3.8, 4) is 0 Å². The summed E-state index contributed by atoms with van der Waals surface area (Å²) in [5, 5.41) is 6.90. The number of ether oxygens (including phenoxy) is 1. The second-order valence-corrected chi connectivity index (χ2v) is 6.33. The molecular weight excluding hydrogens is 282 g/mol. The Morgan fingerprint density at radius 2 is 2.05 bits per heavy atom. The van der Waals surface area contributed by atoms with Crippen LogP contribution in [0.3, 0.4) is 0 Å². The molecule has 6 nitrogen and oxygen atoms in total. The van der Waals surface area contributed by atoms with Crippen molar-refractivity contribution < 1.29 is 14.1 Å². The third kappa shape index (κ3) is 3.67. The number of amides is 1. The first-order chi connectivity index (χ1) is 10.8. The third-order valence-electron chi connectivity index (χ3n) is 4.90. The molecule has 122 valence electrons. The molecule has 22 heavy (non-hydrogen) atoms. The van der Waals surface area contributed by atoms with Crippen molar-refractivity contribution in [2.45, 2.75) is 44.1 Å². The third-order valence-corrected chi connectivity index (χ3v) is 4.90. The van der Waals surface area contributed by atoms with Gasteiger partial charge in [0.1, 0.15) is 6.26 Å². The molecule has 0 saturated carbocycles. The predicted octanol–water partition coefficient (Wildman–Crippen LogP) is 1.37. The highest BCUT2D eigenvalue weighted by Gasteiger charge is 2.39. The maximum Gasteiger partial charge on any atom is 0.226 e. The van der Waals surface area contributed by atoms with E-state index < -0.39 is 0 Å². The number of carbonyl (C=O) groups excluding carboxylic acids is 1. The van der Waals surface area contributed by atoms with E-state index in [-0.39, 0.29) is 17.9 Å². The molecule has 1 N–H and O–H groups in total. The van der Waals surface area contributed by atoms with Crippen LogP contribution in [0.4, 0.5) is 0 Å². The summed E-state index contributed by atoms with van der Waals surface area (Å²) in [6, 6.07) is 1.73. The van der Waals surface area contributed by atoms with Crippen molar-refractivity contribution >= 4 is 5.91 Å². The van der Waals surface area contributed by atoms with Gasteiger partial charge in [0, 0.05) is 31.4 Å². The average Bonchev–Trinajstić information content (AvgIpc) is 3.08. The fraction of sp³-hybridized carbons (Fsp3) is 0.750. The zero-order valence-corrected chi connectivity index (χ0v) is 13.1. The second kappa shape index (κ2) is 7.24. The number of carbonyl (C=O) groups is 1. The van der Waals surface area contributed by atoms with E-state index >= 15 is 0 Å². The van der Waals surface area contributed by atoms with Crippen LogP contribution in [0, 0.1) is 0 Å². The minimum atomic E-state index is 0.0109. The maximum atomic E-state index is 12.1.